The van der Waals surface area contributed by atoms with Gasteiger partial charge in [0.2, 0.25) is 0 Å². The molecule has 0 bridgehead atoms. The molecule has 0 saturated carbocycles. The Balaban J connectivity index is 1.79. The Labute approximate surface area is 161 Å². The summed E-state index contributed by atoms with van der Waals surface area (Å²) in [5.41, 5.74) is -0.276. The summed E-state index contributed by atoms with van der Waals surface area (Å²) in [6, 6.07) is 17.5. The first-order valence-corrected chi connectivity index (χ1v) is 10.0. The third-order valence-electron chi connectivity index (χ3n) is 4.21. The first-order chi connectivity index (χ1) is 13.5. The van der Waals surface area contributed by atoms with Crippen LogP contribution in [0.1, 0.15) is 6.92 Å². The van der Waals surface area contributed by atoms with Crippen LogP contribution in [0, 0.1) is 0 Å². The van der Waals surface area contributed by atoms with Gasteiger partial charge in [-0.15, -0.1) is 0 Å². The molecule has 0 N–H and O–H groups in total. The van der Waals surface area contributed by atoms with E-state index < -0.39 is 15.7 Å². The van der Waals surface area contributed by atoms with Gasteiger partial charge in [0, 0.05) is 28.3 Å². The minimum atomic E-state index is -4.13. The van der Waals surface area contributed by atoms with Crippen molar-refractivity contribution in [3.8, 4) is 11.5 Å². The van der Waals surface area contributed by atoms with Gasteiger partial charge in [-0.2, -0.15) is 8.42 Å². The van der Waals surface area contributed by atoms with Gasteiger partial charge in [-0.25, -0.2) is 4.79 Å². The van der Waals surface area contributed by atoms with E-state index in [0.29, 0.717) is 28.5 Å². The molecule has 0 atom stereocenters. The zero-order valence-electron chi connectivity index (χ0n) is 14.9. The Hall–Kier alpha value is -3.32. The maximum atomic E-state index is 12.9. The highest BCUT2D eigenvalue weighted by Gasteiger charge is 2.21. The van der Waals surface area contributed by atoms with Crippen LogP contribution in [0.5, 0.6) is 11.5 Å². The Kier molecular flexibility index (Phi) is 4.52. The summed E-state index contributed by atoms with van der Waals surface area (Å²) in [7, 11) is -4.13. The molecule has 0 radical (unpaired) electrons. The van der Waals surface area contributed by atoms with Crippen LogP contribution in [0.4, 0.5) is 0 Å². The van der Waals surface area contributed by atoms with Gasteiger partial charge in [-0.1, -0.05) is 24.3 Å². The summed E-state index contributed by atoms with van der Waals surface area (Å²) < 4.78 is 41.9. The molecule has 0 amide bonds. The van der Waals surface area contributed by atoms with Gasteiger partial charge in [-0.3, -0.25) is 0 Å². The van der Waals surface area contributed by atoms with E-state index in [1.807, 2.05) is 13.0 Å². The van der Waals surface area contributed by atoms with Crippen LogP contribution in [-0.4, -0.2) is 15.0 Å². The summed E-state index contributed by atoms with van der Waals surface area (Å²) in [6.45, 7) is 2.33. The highest BCUT2D eigenvalue weighted by atomic mass is 32.2. The molecule has 0 aliphatic heterocycles. The maximum absolute atomic E-state index is 12.9. The maximum Gasteiger partial charge on any atom is 0.339 e. The van der Waals surface area contributed by atoms with E-state index in [4.69, 9.17) is 13.3 Å². The van der Waals surface area contributed by atoms with Gasteiger partial charge in [-0.05, 0) is 37.3 Å². The predicted octanol–water partition coefficient (Wildman–Crippen LogP) is 4.11. The Morgan fingerprint density at radius 3 is 2.46 bits per heavy atom. The molecule has 0 unspecified atom stereocenters. The van der Waals surface area contributed by atoms with Crippen molar-refractivity contribution < 1.29 is 21.8 Å². The highest BCUT2D eigenvalue weighted by molar-refractivity contribution is 7.87. The molecule has 0 spiro atoms. The summed E-state index contributed by atoms with van der Waals surface area (Å²) in [5.74, 6) is 0.657. The lowest BCUT2D eigenvalue weighted by Gasteiger charge is -2.13. The van der Waals surface area contributed by atoms with Crippen LogP contribution in [-0.2, 0) is 10.1 Å². The molecule has 28 heavy (non-hydrogen) atoms. The molecule has 142 valence electrons. The number of rotatable bonds is 5. The van der Waals surface area contributed by atoms with Gasteiger partial charge >= 0.3 is 15.7 Å². The third kappa shape index (κ3) is 3.32. The largest absolute Gasteiger partial charge is 0.493 e. The summed E-state index contributed by atoms with van der Waals surface area (Å²) in [6.07, 6.45) is 0. The van der Waals surface area contributed by atoms with Crippen molar-refractivity contribution >= 4 is 31.9 Å². The van der Waals surface area contributed by atoms with E-state index in [-0.39, 0.29) is 16.2 Å². The van der Waals surface area contributed by atoms with Crippen molar-refractivity contribution in [1.82, 2.24) is 0 Å². The van der Waals surface area contributed by atoms with Crippen molar-refractivity contribution in [3.63, 3.8) is 0 Å². The molecule has 0 aliphatic rings. The number of fused-ring (bicyclic) bond motifs is 2. The molecule has 1 heterocycles. The number of hydrogen-bond acceptors (Lipinski definition) is 6. The van der Waals surface area contributed by atoms with Crippen LogP contribution in [0.3, 0.4) is 0 Å². The fourth-order valence-corrected chi connectivity index (χ4v) is 4.14. The normalized spacial score (nSPS) is 11.6. The highest BCUT2D eigenvalue weighted by Crippen LogP contribution is 2.33. The van der Waals surface area contributed by atoms with E-state index in [9.17, 15) is 13.2 Å². The van der Waals surface area contributed by atoms with Crippen molar-refractivity contribution in [1.29, 1.82) is 0 Å². The number of ether oxygens (including phenoxy) is 1. The molecule has 6 nitrogen and oxygen atoms in total. The average molecular weight is 396 g/mol. The molecule has 1 aromatic heterocycles. The lowest BCUT2D eigenvalue weighted by molar-refractivity contribution is 0.344. The van der Waals surface area contributed by atoms with Crippen LogP contribution < -0.4 is 14.5 Å². The zero-order chi connectivity index (χ0) is 19.7. The second-order valence-corrected chi connectivity index (χ2v) is 7.55. The minimum Gasteiger partial charge on any atom is -0.493 e. The average Bonchev–Trinajstić information content (AvgIpc) is 2.67. The Morgan fingerprint density at radius 2 is 1.68 bits per heavy atom. The number of hydrogen-bond donors (Lipinski definition) is 0. The molecule has 4 rings (SSSR count). The van der Waals surface area contributed by atoms with E-state index >= 15 is 0 Å². The molecular weight excluding hydrogens is 380 g/mol. The summed E-state index contributed by atoms with van der Waals surface area (Å²) in [5, 5.41) is 1.84. The third-order valence-corrected chi connectivity index (χ3v) is 5.52. The van der Waals surface area contributed by atoms with E-state index in [0.717, 1.165) is 0 Å². The van der Waals surface area contributed by atoms with Crippen LogP contribution in [0.25, 0.3) is 21.7 Å². The molecular formula is C21H16O6S. The first kappa shape index (κ1) is 18.1. The van der Waals surface area contributed by atoms with E-state index in [1.54, 1.807) is 36.4 Å². The SMILES string of the molecule is CCOc1ccc(S(=O)(=O)Oc2ccc3ccc(=O)oc3c2)c2ccccc12. The number of benzene rings is 3. The Morgan fingerprint density at radius 1 is 0.929 bits per heavy atom. The van der Waals surface area contributed by atoms with E-state index in [1.165, 1.54) is 24.3 Å². The molecule has 0 fully saturated rings. The fraction of sp³-hybridized carbons (Fsp3) is 0.0952. The van der Waals surface area contributed by atoms with Crippen molar-refractivity contribution in [3.05, 3.63) is 77.2 Å². The van der Waals surface area contributed by atoms with Gasteiger partial charge in [0.15, 0.2) is 0 Å². The smallest absolute Gasteiger partial charge is 0.339 e. The lowest BCUT2D eigenvalue weighted by Crippen LogP contribution is -2.10. The quantitative estimate of drug-likeness (QED) is 0.373. The molecule has 0 aliphatic carbocycles. The van der Waals surface area contributed by atoms with Crippen LogP contribution >= 0.6 is 0 Å². The second-order valence-electron chi connectivity index (χ2n) is 6.03. The molecule has 7 heteroatoms. The van der Waals surface area contributed by atoms with Crippen molar-refractivity contribution in [2.45, 2.75) is 11.8 Å². The second kappa shape index (κ2) is 7.01. The first-order valence-electron chi connectivity index (χ1n) is 8.61. The predicted molar refractivity (Wildman–Crippen MR) is 105 cm³/mol. The zero-order valence-corrected chi connectivity index (χ0v) is 15.7. The summed E-state index contributed by atoms with van der Waals surface area (Å²) in [4.78, 5) is 11.4. The van der Waals surface area contributed by atoms with Crippen molar-refractivity contribution in [2.24, 2.45) is 0 Å². The van der Waals surface area contributed by atoms with Crippen LogP contribution in [0.2, 0.25) is 0 Å². The van der Waals surface area contributed by atoms with Gasteiger partial charge in [0.25, 0.3) is 0 Å². The fourth-order valence-electron chi connectivity index (χ4n) is 3.01. The van der Waals surface area contributed by atoms with Crippen molar-refractivity contribution in [2.75, 3.05) is 6.61 Å². The molecule has 0 saturated heterocycles. The Bertz CT molecular complexity index is 1340. The minimum absolute atomic E-state index is 0.0289. The summed E-state index contributed by atoms with van der Waals surface area (Å²) >= 11 is 0. The monoisotopic (exact) mass is 396 g/mol. The van der Waals surface area contributed by atoms with E-state index in [2.05, 4.69) is 0 Å². The lowest BCUT2D eigenvalue weighted by atomic mass is 10.1. The van der Waals surface area contributed by atoms with Crippen LogP contribution in [0.15, 0.2) is 80.8 Å². The van der Waals surface area contributed by atoms with Gasteiger partial charge < -0.3 is 13.3 Å². The molecule has 4 aromatic rings. The topological polar surface area (TPSA) is 82.8 Å². The van der Waals surface area contributed by atoms with Gasteiger partial charge in [0.1, 0.15) is 22.0 Å². The standard InChI is InChI=1S/C21H16O6S/c1-2-25-18-10-11-20(17-6-4-3-5-16(17)18)28(23,24)27-15-9-7-14-8-12-21(22)26-19(14)13-15/h3-13H,2H2,1H3. The van der Waals surface area contributed by atoms with Gasteiger partial charge in [0.05, 0.1) is 6.61 Å². The molecule has 3 aromatic carbocycles.